The second-order valence-corrected chi connectivity index (χ2v) is 13.9. The largest absolute Gasteiger partial charge is 0.491 e. The van der Waals surface area contributed by atoms with Crippen LogP contribution in [0.4, 0.5) is 21.9 Å². The summed E-state index contributed by atoms with van der Waals surface area (Å²) in [7, 11) is 0. The van der Waals surface area contributed by atoms with Crippen molar-refractivity contribution in [3.05, 3.63) is 120 Å². The maximum absolute atomic E-state index is 13.3. The number of hydrazine groups is 1. The third-order valence-electron chi connectivity index (χ3n) is 10.1. The minimum atomic E-state index is -0.993. The van der Waals surface area contributed by atoms with E-state index in [4.69, 9.17) is 25.8 Å². The molecule has 4 aliphatic heterocycles. The van der Waals surface area contributed by atoms with Gasteiger partial charge in [0, 0.05) is 73.1 Å². The Labute approximate surface area is 306 Å². The Morgan fingerprint density at radius 1 is 0.941 bits per heavy atom. The van der Waals surface area contributed by atoms with Gasteiger partial charge in [0.15, 0.2) is 0 Å². The summed E-state index contributed by atoms with van der Waals surface area (Å²) in [5.41, 5.74) is 8.14. The Hall–Kier alpha value is -4.64. The van der Waals surface area contributed by atoms with Gasteiger partial charge in [-0.25, -0.2) is 4.79 Å². The quantitative estimate of drug-likeness (QED) is 0.226. The highest BCUT2D eigenvalue weighted by Crippen LogP contribution is 2.37. The molecule has 3 unspecified atom stereocenters. The van der Waals surface area contributed by atoms with E-state index >= 15 is 0 Å². The summed E-state index contributed by atoms with van der Waals surface area (Å²) in [6.07, 6.45) is 9.31. The molecule has 2 saturated heterocycles. The second-order valence-electron chi connectivity index (χ2n) is 13.4. The van der Waals surface area contributed by atoms with Crippen molar-refractivity contribution in [2.75, 3.05) is 67.2 Å². The van der Waals surface area contributed by atoms with Crippen molar-refractivity contribution in [3.8, 4) is 5.75 Å². The number of benzene rings is 3. The zero-order chi connectivity index (χ0) is 35.4. The number of urea groups is 1. The molecular weight excluding hydrogens is 664 g/mol. The molecule has 268 valence electrons. The van der Waals surface area contributed by atoms with Crippen LogP contribution in [0.2, 0.25) is 5.02 Å². The van der Waals surface area contributed by atoms with Gasteiger partial charge in [-0.3, -0.25) is 9.91 Å². The first kappa shape index (κ1) is 34.8. The monoisotopic (exact) mass is 710 g/mol. The third kappa shape index (κ3) is 7.68. The first-order chi connectivity index (χ1) is 24.8. The van der Waals surface area contributed by atoms with E-state index in [1.54, 1.807) is 4.90 Å². The van der Waals surface area contributed by atoms with E-state index in [2.05, 4.69) is 78.1 Å². The standard InChI is InChI=1S/C40H47ClN6O4/c1-4-30(2)45-21-5-6-22-46(39(45)48)36-13-11-34(12-14-36)43-23-25-44(26-24-43)35-15-17-37(18-16-35)49-27-38-28-50-40(51-38,29-47-31(3)19-20-42-47)32-7-9-33(41)10-8-32/h6-20,22,30,38,42H,3-5,21,23-29H2,1-2H3. The molecule has 0 bridgehead atoms. The average molecular weight is 711 g/mol. The Morgan fingerprint density at radius 3 is 2.22 bits per heavy atom. The number of piperazine rings is 1. The van der Waals surface area contributed by atoms with E-state index in [1.165, 1.54) is 11.4 Å². The van der Waals surface area contributed by atoms with Gasteiger partial charge in [-0.15, -0.1) is 0 Å². The lowest BCUT2D eigenvalue weighted by Gasteiger charge is -2.37. The number of carbonyl (C=O) groups is 1. The summed E-state index contributed by atoms with van der Waals surface area (Å²) in [6.45, 7) is 13.9. The summed E-state index contributed by atoms with van der Waals surface area (Å²) in [4.78, 5) is 21.9. The first-order valence-corrected chi connectivity index (χ1v) is 18.3. The van der Waals surface area contributed by atoms with Gasteiger partial charge in [0.25, 0.3) is 0 Å². The number of ether oxygens (including phenoxy) is 3. The molecule has 2 amide bonds. The Kier molecular flexibility index (Phi) is 10.4. The van der Waals surface area contributed by atoms with Crippen molar-refractivity contribution >= 4 is 34.7 Å². The fourth-order valence-electron chi connectivity index (χ4n) is 6.93. The van der Waals surface area contributed by atoms with Gasteiger partial charge >= 0.3 is 6.03 Å². The van der Waals surface area contributed by atoms with Crippen molar-refractivity contribution in [3.63, 3.8) is 0 Å². The zero-order valence-corrected chi connectivity index (χ0v) is 30.2. The molecule has 2 fully saturated rings. The predicted octanol–water partition coefficient (Wildman–Crippen LogP) is 7.11. The Balaban J connectivity index is 0.908. The van der Waals surface area contributed by atoms with Crippen LogP contribution in [0.15, 0.2) is 110 Å². The maximum atomic E-state index is 13.3. The number of carbonyl (C=O) groups excluding carboxylic acids is 1. The highest BCUT2D eigenvalue weighted by molar-refractivity contribution is 6.30. The zero-order valence-electron chi connectivity index (χ0n) is 29.4. The van der Waals surface area contributed by atoms with E-state index in [1.807, 2.05) is 64.8 Å². The normalized spacial score (nSPS) is 22.8. The van der Waals surface area contributed by atoms with Gasteiger partial charge < -0.3 is 34.3 Å². The summed E-state index contributed by atoms with van der Waals surface area (Å²) in [5, 5.41) is 2.56. The van der Waals surface area contributed by atoms with Crippen molar-refractivity contribution < 1.29 is 19.0 Å². The van der Waals surface area contributed by atoms with Crippen LogP contribution in [0, 0.1) is 0 Å². The minimum absolute atomic E-state index is 0.0449. The van der Waals surface area contributed by atoms with Crippen molar-refractivity contribution in [2.45, 2.75) is 44.6 Å². The van der Waals surface area contributed by atoms with Gasteiger partial charge in [-0.05, 0) is 86.5 Å². The molecule has 4 heterocycles. The van der Waals surface area contributed by atoms with Crippen molar-refractivity contribution in [2.24, 2.45) is 0 Å². The molecule has 0 aromatic heterocycles. The van der Waals surface area contributed by atoms with Gasteiger partial charge in [0.1, 0.15) is 18.5 Å². The highest BCUT2D eigenvalue weighted by atomic mass is 35.5. The van der Waals surface area contributed by atoms with Gasteiger partial charge in [-0.2, -0.15) is 0 Å². The molecule has 0 saturated carbocycles. The van der Waals surface area contributed by atoms with Gasteiger partial charge in [0.05, 0.1) is 24.5 Å². The SMILES string of the molecule is C=C1C=CNN1CC1(c2ccc(Cl)cc2)OCC(COc2ccc(N3CCN(c4ccc(N5C=CCCN(C(C)CC)C5=O)cc4)CC3)cc2)O1. The number of halogens is 1. The van der Waals surface area contributed by atoms with Gasteiger partial charge in [0.2, 0.25) is 5.79 Å². The number of allylic oxidation sites excluding steroid dienone is 1. The molecule has 51 heavy (non-hydrogen) atoms. The van der Waals surface area contributed by atoms with E-state index in [0.717, 1.165) is 68.3 Å². The third-order valence-corrected chi connectivity index (χ3v) is 10.4. The van der Waals surface area contributed by atoms with E-state index in [9.17, 15) is 4.79 Å². The average Bonchev–Trinajstić information content (AvgIpc) is 3.72. The van der Waals surface area contributed by atoms with E-state index in [-0.39, 0.29) is 18.2 Å². The van der Waals surface area contributed by atoms with E-state index in [0.29, 0.717) is 24.8 Å². The fraction of sp³-hybridized carbons (Fsp3) is 0.375. The van der Waals surface area contributed by atoms with Crippen LogP contribution in [0.1, 0.15) is 32.3 Å². The van der Waals surface area contributed by atoms with Crippen LogP contribution in [-0.2, 0) is 15.3 Å². The fourth-order valence-corrected chi connectivity index (χ4v) is 7.06. The topological polar surface area (TPSA) is 73.0 Å². The number of anilines is 3. The molecule has 0 spiro atoms. The number of nitrogens with zero attached hydrogens (tertiary/aromatic N) is 5. The molecule has 1 N–H and O–H groups in total. The molecular formula is C40H47ClN6O4. The number of nitrogens with one attached hydrogen (secondary N) is 1. The summed E-state index contributed by atoms with van der Waals surface area (Å²) < 4.78 is 19.1. The minimum Gasteiger partial charge on any atom is -0.491 e. The predicted molar refractivity (Wildman–Crippen MR) is 203 cm³/mol. The van der Waals surface area contributed by atoms with Gasteiger partial charge in [-0.1, -0.05) is 43.3 Å². The lowest BCUT2D eigenvalue weighted by atomic mass is 10.1. The molecule has 3 aromatic carbocycles. The molecule has 0 radical (unpaired) electrons. The lowest BCUT2D eigenvalue weighted by molar-refractivity contribution is -0.190. The summed E-state index contributed by atoms with van der Waals surface area (Å²) >= 11 is 6.18. The van der Waals surface area contributed by atoms with Crippen LogP contribution in [0.25, 0.3) is 0 Å². The van der Waals surface area contributed by atoms with Crippen LogP contribution in [0.3, 0.4) is 0 Å². The molecule has 0 aliphatic carbocycles. The number of hydrogen-bond donors (Lipinski definition) is 1. The lowest BCUT2D eigenvalue weighted by Crippen LogP contribution is -2.46. The number of rotatable bonds is 11. The Morgan fingerprint density at radius 2 is 1.59 bits per heavy atom. The molecule has 3 atom stereocenters. The maximum Gasteiger partial charge on any atom is 0.328 e. The molecule has 7 rings (SSSR count). The Bertz CT molecular complexity index is 1730. The van der Waals surface area contributed by atoms with Crippen molar-refractivity contribution in [1.29, 1.82) is 0 Å². The van der Waals surface area contributed by atoms with Crippen LogP contribution in [-0.4, -0.2) is 80.6 Å². The summed E-state index contributed by atoms with van der Waals surface area (Å²) in [5.74, 6) is -0.207. The van der Waals surface area contributed by atoms with E-state index < -0.39 is 5.79 Å². The number of hydrogen-bond acceptors (Lipinski definition) is 8. The smallest absolute Gasteiger partial charge is 0.328 e. The molecule has 10 nitrogen and oxygen atoms in total. The van der Waals surface area contributed by atoms with Crippen LogP contribution >= 0.6 is 11.6 Å². The molecule has 3 aromatic rings. The van der Waals surface area contributed by atoms with Crippen LogP contribution < -0.4 is 24.9 Å². The van der Waals surface area contributed by atoms with Crippen LogP contribution in [0.5, 0.6) is 5.75 Å². The highest BCUT2D eigenvalue weighted by Gasteiger charge is 2.45. The molecule has 11 heteroatoms. The molecule has 4 aliphatic rings. The van der Waals surface area contributed by atoms with Crippen molar-refractivity contribution in [1.82, 2.24) is 15.3 Å². The first-order valence-electron chi connectivity index (χ1n) is 17.9. The second kappa shape index (κ2) is 15.3. The summed E-state index contributed by atoms with van der Waals surface area (Å²) in [6, 6.07) is 24.5. The number of amides is 2.